The molecule has 17 nitrogen and oxygen atoms in total. The van der Waals surface area contributed by atoms with Crippen molar-refractivity contribution in [3.63, 3.8) is 0 Å². The zero-order chi connectivity index (χ0) is 59.0. The molecule has 79 heavy (non-hydrogen) atoms. The molecule has 0 aliphatic heterocycles. The lowest BCUT2D eigenvalue weighted by Crippen LogP contribution is -2.30. The van der Waals surface area contributed by atoms with Gasteiger partial charge in [-0.1, -0.05) is 229 Å². The SMILES string of the molecule is CCC(C)CCCCCCCCC(=O)OC[C@H](COP(=O)(O)OC[C@H](O)COP(=O)(O)OC[C@@H](COC(=O)CCCCCCCCC(C)C)OC(=O)CCCCCCCCCC(C)C)OC(=O)CCCCCCCCC(C)CC. The van der Waals surface area contributed by atoms with Gasteiger partial charge in [-0.3, -0.25) is 37.3 Å². The van der Waals surface area contributed by atoms with Crippen LogP contribution in [0.15, 0.2) is 0 Å². The van der Waals surface area contributed by atoms with Crippen LogP contribution in [0, 0.1) is 23.7 Å². The summed E-state index contributed by atoms with van der Waals surface area (Å²) in [5, 5.41) is 10.5. The summed E-state index contributed by atoms with van der Waals surface area (Å²) in [6, 6.07) is 0. The number of phosphoric ester groups is 2. The first-order chi connectivity index (χ1) is 37.7. The van der Waals surface area contributed by atoms with E-state index in [0.717, 1.165) is 115 Å². The molecule has 0 aromatic heterocycles. The Bertz CT molecular complexity index is 1600. The number of carbonyl (C=O) groups excluding carboxylic acids is 4. The molecule has 0 bridgehead atoms. The average Bonchev–Trinajstić information content (AvgIpc) is 3.40. The largest absolute Gasteiger partial charge is 0.472 e. The van der Waals surface area contributed by atoms with Crippen molar-refractivity contribution in [3.8, 4) is 0 Å². The third kappa shape index (κ3) is 52.6. The van der Waals surface area contributed by atoms with Crippen LogP contribution in [-0.4, -0.2) is 96.7 Å². The summed E-state index contributed by atoms with van der Waals surface area (Å²) in [4.78, 5) is 71.9. The van der Waals surface area contributed by atoms with Gasteiger partial charge in [0.05, 0.1) is 26.4 Å². The number of hydrogen-bond donors (Lipinski definition) is 3. The Morgan fingerprint density at radius 2 is 0.608 bits per heavy atom. The van der Waals surface area contributed by atoms with E-state index in [1.54, 1.807) is 0 Å². The maximum absolute atomic E-state index is 12.9. The van der Waals surface area contributed by atoms with Crippen LogP contribution in [0.25, 0.3) is 0 Å². The van der Waals surface area contributed by atoms with Gasteiger partial charge in [-0.2, -0.15) is 0 Å². The summed E-state index contributed by atoms with van der Waals surface area (Å²) in [5.41, 5.74) is 0. The standard InChI is InChI=1S/C60H116O17P2/c1-9-52(7)38-30-22-15-18-25-33-41-58(63)71-47-56(77-60(65)43-35-27-19-16-23-31-39-53(8)10-2)49-75-79(68,69)73-45-54(61)44-72-78(66,67)74-48-55(46-70-57(62)40-32-24-17-14-21-29-37-51(5)6)76-59(64)42-34-26-13-11-12-20-28-36-50(3)4/h50-56,61H,9-49H2,1-8H3,(H,66,67)(H,68,69)/t52?,53?,54-,55-,56-/m1/s1. The Morgan fingerprint density at radius 3 is 0.899 bits per heavy atom. The lowest BCUT2D eigenvalue weighted by Gasteiger charge is -2.21. The molecule has 0 aliphatic rings. The van der Waals surface area contributed by atoms with E-state index in [1.807, 2.05) is 0 Å². The normalized spacial score (nSPS) is 15.3. The summed E-state index contributed by atoms with van der Waals surface area (Å²) < 4.78 is 67.7. The van der Waals surface area contributed by atoms with Crippen LogP contribution in [0.3, 0.4) is 0 Å². The van der Waals surface area contributed by atoms with Gasteiger partial charge in [-0.05, 0) is 49.4 Å². The highest BCUT2D eigenvalue weighted by Gasteiger charge is 2.30. The van der Waals surface area contributed by atoms with Crippen LogP contribution in [0.5, 0.6) is 0 Å². The lowest BCUT2D eigenvalue weighted by molar-refractivity contribution is -0.161. The average molecular weight is 1170 g/mol. The van der Waals surface area contributed by atoms with E-state index in [1.165, 1.54) is 70.6 Å². The van der Waals surface area contributed by atoms with Crippen molar-refractivity contribution in [1.82, 2.24) is 0 Å². The van der Waals surface area contributed by atoms with Crippen LogP contribution in [-0.2, 0) is 65.4 Å². The molecule has 0 saturated carbocycles. The van der Waals surface area contributed by atoms with Gasteiger partial charge in [-0.15, -0.1) is 0 Å². The fourth-order valence-corrected chi connectivity index (χ4v) is 10.2. The summed E-state index contributed by atoms with van der Waals surface area (Å²) in [6.07, 6.45) is 28.3. The Balaban J connectivity index is 5.26. The highest BCUT2D eigenvalue weighted by Crippen LogP contribution is 2.45. The summed E-state index contributed by atoms with van der Waals surface area (Å²) >= 11 is 0. The maximum Gasteiger partial charge on any atom is 0.472 e. The molecule has 0 amide bonds. The van der Waals surface area contributed by atoms with Crippen LogP contribution >= 0.6 is 15.6 Å². The molecule has 3 N–H and O–H groups in total. The van der Waals surface area contributed by atoms with Gasteiger partial charge in [0.15, 0.2) is 12.2 Å². The number of ether oxygens (including phenoxy) is 4. The number of hydrogen-bond acceptors (Lipinski definition) is 15. The number of rotatable bonds is 57. The van der Waals surface area contributed by atoms with Crippen molar-refractivity contribution in [2.24, 2.45) is 23.7 Å². The molecule has 0 saturated heterocycles. The minimum absolute atomic E-state index is 0.101. The molecule has 7 atom stereocenters. The van der Waals surface area contributed by atoms with Crippen molar-refractivity contribution < 1.29 is 80.2 Å². The molecule has 0 spiro atoms. The first-order valence-corrected chi connectivity index (χ1v) is 34.3. The smallest absolute Gasteiger partial charge is 0.462 e. The fraction of sp³-hybridized carbons (Fsp3) is 0.933. The number of esters is 4. The minimum Gasteiger partial charge on any atom is -0.462 e. The van der Waals surface area contributed by atoms with E-state index in [0.29, 0.717) is 37.5 Å². The summed E-state index contributed by atoms with van der Waals surface area (Å²) in [7, 11) is -9.88. The number of aliphatic hydroxyl groups excluding tert-OH is 1. The van der Waals surface area contributed by atoms with E-state index >= 15 is 0 Å². The van der Waals surface area contributed by atoms with Gasteiger partial charge in [-0.25, -0.2) is 9.13 Å². The van der Waals surface area contributed by atoms with Gasteiger partial charge in [0.1, 0.15) is 19.3 Å². The minimum atomic E-state index is -4.94. The van der Waals surface area contributed by atoms with Crippen molar-refractivity contribution in [3.05, 3.63) is 0 Å². The molecule has 0 aliphatic carbocycles. The van der Waals surface area contributed by atoms with E-state index in [2.05, 4.69) is 55.4 Å². The Kier molecular flexibility index (Phi) is 49.3. The first kappa shape index (κ1) is 77.1. The van der Waals surface area contributed by atoms with E-state index in [4.69, 9.17) is 37.0 Å². The predicted octanol–water partition coefficient (Wildman–Crippen LogP) is 15.8. The van der Waals surface area contributed by atoms with Crippen LogP contribution in [0.4, 0.5) is 0 Å². The maximum atomic E-state index is 12.9. The van der Waals surface area contributed by atoms with Gasteiger partial charge >= 0.3 is 39.5 Å². The second kappa shape index (κ2) is 50.6. The van der Waals surface area contributed by atoms with E-state index in [-0.39, 0.29) is 25.7 Å². The highest BCUT2D eigenvalue weighted by atomic mass is 31.2. The summed E-state index contributed by atoms with van der Waals surface area (Å²) in [5.74, 6) is 0.675. The Hall–Kier alpha value is -1.94. The quantitative estimate of drug-likeness (QED) is 0.0222. The van der Waals surface area contributed by atoms with Crippen LogP contribution in [0.1, 0.15) is 280 Å². The zero-order valence-electron chi connectivity index (χ0n) is 51.0. The second-order valence-corrected chi connectivity index (χ2v) is 26.1. The van der Waals surface area contributed by atoms with Crippen LogP contribution in [0.2, 0.25) is 0 Å². The number of aliphatic hydroxyl groups is 1. The van der Waals surface area contributed by atoms with Gasteiger partial charge in [0.2, 0.25) is 0 Å². The highest BCUT2D eigenvalue weighted by molar-refractivity contribution is 7.47. The first-order valence-electron chi connectivity index (χ1n) is 31.3. The zero-order valence-corrected chi connectivity index (χ0v) is 52.8. The molecular weight excluding hydrogens is 1050 g/mol. The Labute approximate surface area is 479 Å². The third-order valence-corrected chi connectivity index (χ3v) is 16.2. The van der Waals surface area contributed by atoms with Gasteiger partial charge in [0.25, 0.3) is 0 Å². The van der Waals surface area contributed by atoms with Crippen LogP contribution < -0.4 is 0 Å². The van der Waals surface area contributed by atoms with Crippen molar-refractivity contribution in [2.45, 2.75) is 298 Å². The number of unbranched alkanes of at least 4 members (excludes halogenated alkanes) is 21. The number of phosphoric acid groups is 2. The van der Waals surface area contributed by atoms with E-state index in [9.17, 15) is 43.2 Å². The van der Waals surface area contributed by atoms with E-state index < -0.39 is 97.5 Å². The molecule has 0 heterocycles. The Morgan fingerprint density at radius 1 is 0.354 bits per heavy atom. The molecule has 0 aromatic carbocycles. The van der Waals surface area contributed by atoms with Crippen molar-refractivity contribution in [1.29, 1.82) is 0 Å². The lowest BCUT2D eigenvalue weighted by atomic mass is 10.00. The molecule has 0 aromatic rings. The molecule has 19 heteroatoms. The third-order valence-electron chi connectivity index (χ3n) is 14.3. The van der Waals surface area contributed by atoms with Crippen molar-refractivity contribution >= 4 is 39.5 Å². The molecule has 4 unspecified atom stereocenters. The molecular formula is C60H116O17P2. The molecule has 0 fully saturated rings. The molecule has 468 valence electrons. The second-order valence-electron chi connectivity index (χ2n) is 23.2. The van der Waals surface area contributed by atoms with Gasteiger partial charge in [0, 0.05) is 25.7 Å². The fourth-order valence-electron chi connectivity index (χ4n) is 8.66. The monoisotopic (exact) mass is 1170 g/mol. The topological polar surface area (TPSA) is 237 Å². The molecule has 0 rings (SSSR count). The van der Waals surface area contributed by atoms with Gasteiger partial charge < -0.3 is 33.8 Å². The number of carbonyl (C=O) groups is 4. The summed E-state index contributed by atoms with van der Waals surface area (Å²) in [6.45, 7) is 13.8. The molecule has 0 radical (unpaired) electrons. The van der Waals surface area contributed by atoms with Crippen molar-refractivity contribution in [2.75, 3.05) is 39.6 Å². The predicted molar refractivity (Wildman–Crippen MR) is 312 cm³/mol.